The van der Waals surface area contributed by atoms with E-state index in [1.54, 1.807) is 7.11 Å². The van der Waals surface area contributed by atoms with E-state index in [-0.39, 0.29) is 5.92 Å². The molecule has 0 bridgehead atoms. The third-order valence-corrected chi connectivity index (χ3v) is 4.63. The molecule has 112 valence electrons. The highest BCUT2D eigenvalue weighted by Crippen LogP contribution is 2.32. The van der Waals surface area contributed by atoms with Gasteiger partial charge >= 0.3 is 0 Å². The van der Waals surface area contributed by atoms with E-state index in [9.17, 15) is 4.79 Å². The number of rotatable bonds is 3. The fraction of sp³-hybridized carbons (Fsp3) is 0.556. The van der Waals surface area contributed by atoms with E-state index >= 15 is 0 Å². The van der Waals surface area contributed by atoms with Gasteiger partial charge in [0.1, 0.15) is 11.5 Å². The lowest BCUT2D eigenvalue weighted by molar-refractivity contribution is -0.118. The van der Waals surface area contributed by atoms with Crippen LogP contribution in [0.25, 0.3) is 0 Å². The van der Waals surface area contributed by atoms with Gasteiger partial charge in [0.05, 0.1) is 7.11 Å². The first-order valence-corrected chi connectivity index (χ1v) is 7.96. The van der Waals surface area contributed by atoms with Gasteiger partial charge in [0.25, 0.3) is 0 Å². The Morgan fingerprint density at radius 2 is 1.81 bits per heavy atom. The van der Waals surface area contributed by atoms with Crippen molar-refractivity contribution in [2.75, 3.05) is 7.11 Å². The average Bonchev–Trinajstić information content (AvgIpc) is 2.99. The summed E-state index contributed by atoms with van der Waals surface area (Å²) in [5.41, 5.74) is 2.35. The van der Waals surface area contributed by atoms with E-state index in [0.717, 1.165) is 17.9 Å². The summed E-state index contributed by atoms with van der Waals surface area (Å²) in [6.45, 7) is 0. The molecule has 0 aromatic heterocycles. The zero-order valence-electron chi connectivity index (χ0n) is 12.7. The Morgan fingerprint density at radius 3 is 2.48 bits per heavy atom. The molecule has 3 heteroatoms. The number of hydrogen-bond acceptors (Lipinski definition) is 3. The van der Waals surface area contributed by atoms with Gasteiger partial charge in [-0.2, -0.15) is 0 Å². The highest BCUT2D eigenvalue weighted by Gasteiger charge is 2.26. The fourth-order valence-electron chi connectivity index (χ4n) is 3.51. The SMILES string of the molecule is COc1ccc([C@H]2CC(=O)CC(=NC3CCCC3)C2)cc1. The molecule has 2 saturated carbocycles. The maximum absolute atomic E-state index is 12.0. The molecule has 1 aromatic carbocycles. The molecule has 0 saturated heterocycles. The number of benzene rings is 1. The molecular formula is C18H23NO2. The van der Waals surface area contributed by atoms with Gasteiger partial charge in [-0.05, 0) is 42.9 Å². The molecule has 0 radical (unpaired) electrons. The van der Waals surface area contributed by atoms with Gasteiger partial charge in [-0.15, -0.1) is 0 Å². The second-order valence-corrected chi connectivity index (χ2v) is 6.23. The van der Waals surface area contributed by atoms with Crippen LogP contribution >= 0.6 is 0 Å². The summed E-state index contributed by atoms with van der Waals surface area (Å²) >= 11 is 0. The van der Waals surface area contributed by atoms with Gasteiger partial charge in [-0.25, -0.2) is 0 Å². The Hall–Kier alpha value is -1.64. The Morgan fingerprint density at radius 1 is 1.10 bits per heavy atom. The summed E-state index contributed by atoms with van der Waals surface area (Å²) in [5, 5.41) is 0. The lowest BCUT2D eigenvalue weighted by Gasteiger charge is -2.24. The van der Waals surface area contributed by atoms with E-state index in [2.05, 4.69) is 12.1 Å². The maximum atomic E-state index is 12.0. The third-order valence-electron chi connectivity index (χ3n) is 4.63. The fourth-order valence-corrected chi connectivity index (χ4v) is 3.51. The van der Waals surface area contributed by atoms with Crippen molar-refractivity contribution in [2.24, 2.45) is 4.99 Å². The number of ether oxygens (including phenoxy) is 1. The van der Waals surface area contributed by atoms with Crippen molar-refractivity contribution in [2.45, 2.75) is 56.9 Å². The van der Waals surface area contributed by atoms with Gasteiger partial charge < -0.3 is 4.74 Å². The average molecular weight is 285 g/mol. The smallest absolute Gasteiger partial charge is 0.139 e. The quantitative estimate of drug-likeness (QED) is 0.844. The molecular weight excluding hydrogens is 262 g/mol. The van der Waals surface area contributed by atoms with Gasteiger partial charge in [0.2, 0.25) is 0 Å². The predicted molar refractivity (Wildman–Crippen MR) is 84.3 cm³/mol. The van der Waals surface area contributed by atoms with Gasteiger partial charge in [-0.1, -0.05) is 25.0 Å². The van der Waals surface area contributed by atoms with Gasteiger partial charge in [0.15, 0.2) is 0 Å². The molecule has 2 fully saturated rings. The van der Waals surface area contributed by atoms with Crippen LogP contribution in [0.3, 0.4) is 0 Å². The van der Waals surface area contributed by atoms with Crippen LogP contribution in [0.4, 0.5) is 0 Å². The van der Waals surface area contributed by atoms with Crippen LogP contribution in [0.15, 0.2) is 29.3 Å². The third kappa shape index (κ3) is 3.52. The minimum absolute atomic E-state index is 0.289. The van der Waals surface area contributed by atoms with E-state index < -0.39 is 0 Å². The largest absolute Gasteiger partial charge is 0.497 e. The van der Waals surface area contributed by atoms with Crippen LogP contribution in [0.2, 0.25) is 0 Å². The number of carbonyl (C=O) groups is 1. The van der Waals surface area contributed by atoms with Crippen molar-refractivity contribution in [3.8, 4) is 5.75 Å². The zero-order valence-corrected chi connectivity index (χ0v) is 12.7. The molecule has 0 heterocycles. The first-order chi connectivity index (χ1) is 10.2. The molecule has 0 N–H and O–H groups in total. The Labute approximate surface area is 126 Å². The molecule has 0 spiro atoms. The molecule has 2 aliphatic carbocycles. The zero-order chi connectivity index (χ0) is 14.7. The normalized spacial score (nSPS) is 25.5. The second kappa shape index (κ2) is 6.42. The summed E-state index contributed by atoms with van der Waals surface area (Å²) in [6, 6.07) is 8.58. The standard InChI is InChI=1S/C18H23NO2/c1-21-18-8-6-13(7-9-18)14-10-16(12-17(20)11-14)19-15-4-2-3-5-15/h6-9,14-15H,2-5,10-12H2,1H3/t14-/m1/s1. The van der Waals surface area contributed by atoms with E-state index in [1.807, 2.05) is 12.1 Å². The van der Waals surface area contributed by atoms with Crippen molar-refractivity contribution in [1.82, 2.24) is 0 Å². The van der Waals surface area contributed by atoms with Crippen LogP contribution < -0.4 is 4.74 Å². The number of nitrogens with zero attached hydrogens (tertiary/aromatic N) is 1. The number of ketones is 1. The van der Waals surface area contributed by atoms with E-state index in [1.165, 1.54) is 31.2 Å². The van der Waals surface area contributed by atoms with Gasteiger partial charge in [-0.3, -0.25) is 9.79 Å². The molecule has 1 aromatic rings. The monoisotopic (exact) mass is 285 g/mol. The molecule has 0 unspecified atom stereocenters. The maximum Gasteiger partial charge on any atom is 0.139 e. The van der Waals surface area contributed by atoms with Crippen LogP contribution in [0.1, 0.15) is 56.4 Å². The Balaban J connectivity index is 1.74. The van der Waals surface area contributed by atoms with Crippen LogP contribution in [0, 0.1) is 0 Å². The molecule has 3 rings (SSSR count). The van der Waals surface area contributed by atoms with Gasteiger partial charge in [0, 0.05) is 24.6 Å². The van der Waals surface area contributed by atoms with E-state index in [4.69, 9.17) is 9.73 Å². The molecule has 21 heavy (non-hydrogen) atoms. The van der Waals surface area contributed by atoms with Crippen molar-refractivity contribution >= 4 is 11.5 Å². The summed E-state index contributed by atoms with van der Waals surface area (Å²) in [6.07, 6.45) is 7.14. The Kier molecular flexibility index (Phi) is 4.37. The summed E-state index contributed by atoms with van der Waals surface area (Å²) in [7, 11) is 1.67. The van der Waals surface area contributed by atoms with Crippen molar-refractivity contribution < 1.29 is 9.53 Å². The highest BCUT2D eigenvalue weighted by atomic mass is 16.5. The number of methoxy groups -OCH3 is 1. The molecule has 1 atom stereocenters. The van der Waals surface area contributed by atoms with Crippen molar-refractivity contribution in [3.05, 3.63) is 29.8 Å². The van der Waals surface area contributed by atoms with Crippen LogP contribution in [-0.2, 0) is 4.79 Å². The predicted octanol–water partition coefficient (Wildman–Crippen LogP) is 3.92. The first kappa shape index (κ1) is 14.3. The highest BCUT2D eigenvalue weighted by molar-refractivity contribution is 6.05. The number of carbonyl (C=O) groups excluding carboxylic acids is 1. The number of hydrogen-bond donors (Lipinski definition) is 0. The summed E-state index contributed by atoms with van der Waals surface area (Å²) in [5.74, 6) is 1.48. The first-order valence-electron chi connectivity index (χ1n) is 7.96. The Bertz CT molecular complexity index is 527. The lowest BCUT2D eigenvalue weighted by Crippen LogP contribution is -2.23. The molecule has 3 nitrogen and oxygen atoms in total. The minimum Gasteiger partial charge on any atom is -0.497 e. The molecule has 0 amide bonds. The number of Topliss-reactive ketones (excluding diaryl/α,β-unsaturated/α-hetero) is 1. The number of aliphatic imine (C=N–C) groups is 1. The van der Waals surface area contributed by atoms with E-state index in [0.29, 0.717) is 24.7 Å². The summed E-state index contributed by atoms with van der Waals surface area (Å²) in [4.78, 5) is 16.9. The minimum atomic E-state index is 0.289. The van der Waals surface area contributed by atoms with Crippen molar-refractivity contribution in [3.63, 3.8) is 0 Å². The van der Waals surface area contributed by atoms with Crippen LogP contribution in [0.5, 0.6) is 5.75 Å². The molecule has 2 aliphatic rings. The molecule has 0 aliphatic heterocycles. The van der Waals surface area contributed by atoms with Crippen molar-refractivity contribution in [1.29, 1.82) is 0 Å². The topological polar surface area (TPSA) is 38.7 Å². The summed E-state index contributed by atoms with van der Waals surface area (Å²) < 4.78 is 5.20. The van der Waals surface area contributed by atoms with Crippen LogP contribution in [-0.4, -0.2) is 24.6 Å². The second-order valence-electron chi connectivity index (χ2n) is 6.23. The lowest BCUT2D eigenvalue weighted by atomic mass is 9.82.